The first-order chi connectivity index (χ1) is 11.0. The summed E-state index contributed by atoms with van der Waals surface area (Å²) < 4.78 is 0. The fraction of sp³-hybridized carbons (Fsp3) is 0.556. The van der Waals surface area contributed by atoms with Crippen molar-refractivity contribution >= 4 is 11.8 Å². The fourth-order valence-electron chi connectivity index (χ4n) is 3.06. The average Bonchev–Trinajstić information content (AvgIpc) is 3.03. The maximum atomic E-state index is 12.6. The van der Waals surface area contributed by atoms with Crippen LogP contribution in [0.15, 0.2) is 24.3 Å². The molecule has 1 N–H and O–H groups in total. The zero-order chi connectivity index (χ0) is 16.8. The summed E-state index contributed by atoms with van der Waals surface area (Å²) in [6.07, 6.45) is 2.56. The lowest BCUT2D eigenvalue weighted by Crippen LogP contribution is -2.39. The van der Waals surface area contributed by atoms with Crippen LogP contribution in [0.4, 0.5) is 0 Å². The van der Waals surface area contributed by atoms with Crippen molar-refractivity contribution in [1.82, 2.24) is 15.1 Å². The Balaban J connectivity index is 1.91. The van der Waals surface area contributed by atoms with Gasteiger partial charge >= 0.3 is 0 Å². The van der Waals surface area contributed by atoms with Crippen LogP contribution in [0, 0.1) is 6.92 Å². The molecule has 5 nitrogen and oxygen atoms in total. The first-order valence-electron chi connectivity index (χ1n) is 8.28. The maximum Gasteiger partial charge on any atom is 0.241 e. The maximum absolute atomic E-state index is 12.6. The molecule has 1 aromatic carbocycles. The Kier molecular flexibility index (Phi) is 6.16. The van der Waals surface area contributed by atoms with Gasteiger partial charge < -0.3 is 10.2 Å². The predicted octanol–water partition coefficient (Wildman–Crippen LogP) is 1.73. The summed E-state index contributed by atoms with van der Waals surface area (Å²) in [4.78, 5) is 28.4. The first-order valence-corrected chi connectivity index (χ1v) is 8.28. The van der Waals surface area contributed by atoms with Crippen molar-refractivity contribution in [3.8, 4) is 0 Å². The van der Waals surface area contributed by atoms with Crippen LogP contribution < -0.4 is 5.32 Å². The number of nitrogens with zero attached hydrogens (tertiary/aromatic N) is 2. The highest BCUT2D eigenvalue weighted by Crippen LogP contribution is 2.21. The average molecular weight is 317 g/mol. The quantitative estimate of drug-likeness (QED) is 0.869. The highest BCUT2D eigenvalue weighted by atomic mass is 16.2. The van der Waals surface area contributed by atoms with Crippen molar-refractivity contribution in [3.63, 3.8) is 0 Å². The minimum Gasteiger partial charge on any atom is -0.354 e. The van der Waals surface area contributed by atoms with Gasteiger partial charge in [0.2, 0.25) is 11.8 Å². The molecule has 23 heavy (non-hydrogen) atoms. The number of carbonyl (C=O) groups excluding carboxylic acids is 2. The normalized spacial score (nSPS) is 15.7. The summed E-state index contributed by atoms with van der Waals surface area (Å²) >= 11 is 0. The van der Waals surface area contributed by atoms with Crippen LogP contribution in [0.5, 0.6) is 0 Å². The summed E-state index contributed by atoms with van der Waals surface area (Å²) in [6.45, 7) is 4.12. The number of nitrogens with one attached hydrogen (secondary N) is 1. The second-order valence-corrected chi connectivity index (χ2v) is 6.35. The molecule has 1 heterocycles. The molecule has 5 heteroatoms. The van der Waals surface area contributed by atoms with Crippen molar-refractivity contribution in [2.24, 2.45) is 0 Å². The Morgan fingerprint density at radius 3 is 2.48 bits per heavy atom. The van der Waals surface area contributed by atoms with E-state index in [9.17, 15) is 9.59 Å². The molecule has 1 saturated heterocycles. The number of carbonyl (C=O) groups is 2. The minimum atomic E-state index is -0.335. The van der Waals surface area contributed by atoms with Crippen LogP contribution in [0.2, 0.25) is 0 Å². The Hall–Kier alpha value is -1.88. The van der Waals surface area contributed by atoms with Gasteiger partial charge in [-0.3, -0.25) is 14.5 Å². The number of hydrogen-bond acceptors (Lipinski definition) is 3. The third-order valence-corrected chi connectivity index (χ3v) is 4.34. The Morgan fingerprint density at radius 2 is 1.87 bits per heavy atom. The van der Waals surface area contributed by atoms with Gasteiger partial charge in [0.15, 0.2) is 0 Å². The summed E-state index contributed by atoms with van der Waals surface area (Å²) in [6, 6.07) is 7.57. The van der Waals surface area contributed by atoms with Crippen LogP contribution >= 0.6 is 0 Å². The molecule has 0 saturated carbocycles. The second kappa shape index (κ2) is 8.11. The molecular weight excluding hydrogens is 290 g/mol. The van der Waals surface area contributed by atoms with Crippen LogP contribution in [0.3, 0.4) is 0 Å². The van der Waals surface area contributed by atoms with E-state index in [1.165, 1.54) is 0 Å². The summed E-state index contributed by atoms with van der Waals surface area (Å²) in [7, 11) is 3.79. The lowest BCUT2D eigenvalue weighted by molar-refractivity contribution is -0.130. The van der Waals surface area contributed by atoms with E-state index in [2.05, 4.69) is 5.32 Å². The van der Waals surface area contributed by atoms with Gasteiger partial charge in [0.25, 0.3) is 0 Å². The molecule has 0 spiro atoms. The van der Waals surface area contributed by atoms with Gasteiger partial charge in [-0.05, 0) is 45.0 Å². The van der Waals surface area contributed by atoms with Crippen molar-refractivity contribution in [3.05, 3.63) is 35.4 Å². The molecule has 0 aromatic heterocycles. The van der Waals surface area contributed by atoms with E-state index < -0.39 is 0 Å². The standard InChI is InChI=1S/C18H27N3O2/c1-14-8-4-5-9-15(14)17(20(2)3)18(23)19-11-10-16(22)21-12-6-7-13-21/h4-5,8-9,17H,6-7,10-13H2,1-3H3,(H,19,23)/t17-/m0/s1. The zero-order valence-corrected chi connectivity index (χ0v) is 14.3. The number of rotatable bonds is 6. The molecule has 0 aliphatic carbocycles. The Labute approximate surface area is 138 Å². The first kappa shape index (κ1) is 17.5. The van der Waals surface area contributed by atoms with Crippen LogP contribution in [0.1, 0.15) is 36.4 Å². The molecule has 0 unspecified atom stereocenters. The van der Waals surface area contributed by atoms with Gasteiger partial charge in [0, 0.05) is 26.1 Å². The van der Waals surface area contributed by atoms with Gasteiger partial charge in [-0.1, -0.05) is 24.3 Å². The number of aryl methyl sites for hydroxylation is 1. The van der Waals surface area contributed by atoms with Crippen molar-refractivity contribution in [1.29, 1.82) is 0 Å². The third kappa shape index (κ3) is 4.55. The number of amides is 2. The van der Waals surface area contributed by atoms with Gasteiger partial charge in [0.1, 0.15) is 6.04 Å². The topological polar surface area (TPSA) is 52.7 Å². The molecule has 1 aromatic rings. The second-order valence-electron chi connectivity index (χ2n) is 6.35. The van der Waals surface area contributed by atoms with Crippen molar-refractivity contribution in [2.75, 3.05) is 33.7 Å². The minimum absolute atomic E-state index is 0.0569. The molecule has 0 bridgehead atoms. The molecule has 126 valence electrons. The van der Waals surface area contributed by atoms with E-state index in [0.29, 0.717) is 13.0 Å². The number of benzene rings is 1. The molecule has 2 rings (SSSR count). The zero-order valence-electron chi connectivity index (χ0n) is 14.3. The number of hydrogen-bond donors (Lipinski definition) is 1. The smallest absolute Gasteiger partial charge is 0.241 e. The third-order valence-electron chi connectivity index (χ3n) is 4.34. The highest BCUT2D eigenvalue weighted by Gasteiger charge is 2.24. The molecule has 1 fully saturated rings. The van der Waals surface area contributed by atoms with Gasteiger partial charge in [-0.15, -0.1) is 0 Å². The van der Waals surface area contributed by atoms with Crippen LogP contribution in [-0.4, -0.2) is 55.3 Å². The van der Waals surface area contributed by atoms with E-state index in [-0.39, 0.29) is 17.9 Å². The highest BCUT2D eigenvalue weighted by molar-refractivity contribution is 5.84. The van der Waals surface area contributed by atoms with Crippen molar-refractivity contribution < 1.29 is 9.59 Å². The van der Waals surface area contributed by atoms with E-state index in [0.717, 1.165) is 37.1 Å². The SMILES string of the molecule is Cc1ccccc1[C@@H](C(=O)NCCC(=O)N1CCCC1)N(C)C. The number of likely N-dealkylation sites (tertiary alicyclic amines) is 1. The lowest BCUT2D eigenvalue weighted by Gasteiger charge is -2.25. The largest absolute Gasteiger partial charge is 0.354 e. The van der Waals surface area contributed by atoms with E-state index in [1.54, 1.807) is 0 Å². The number of likely N-dealkylation sites (N-methyl/N-ethyl adjacent to an activating group) is 1. The van der Waals surface area contributed by atoms with Gasteiger partial charge in [-0.25, -0.2) is 0 Å². The van der Waals surface area contributed by atoms with Crippen LogP contribution in [0.25, 0.3) is 0 Å². The molecule has 0 radical (unpaired) electrons. The molecule has 1 atom stereocenters. The van der Waals surface area contributed by atoms with Gasteiger partial charge in [-0.2, -0.15) is 0 Å². The lowest BCUT2D eigenvalue weighted by atomic mass is 10.00. The van der Waals surface area contributed by atoms with Crippen LogP contribution in [-0.2, 0) is 9.59 Å². The molecular formula is C18H27N3O2. The van der Waals surface area contributed by atoms with E-state index >= 15 is 0 Å². The Morgan fingerprint density at radius 1 is 1.22 bits per heavy atom. The summed E-state index contributed by atoms with van der Waals surface area (Å²) in [5.74, 6) is 0.0821. The Bertz CT molecular complexity index is 551. The molecule has 1 aliphatic rings. The summed E-state index contributed by atoms with van der Waals surface area (Å²) in [5.41, 5.74) is 2.09. The fourth-order valence-corrected chi connectivity index (χ4v) is 3.06. The van der Waals surface area contributed by atoms with Crippen molar-refractivity contribution in [2.45, 2.75) is 32.2 Å². The van der Waals surface area contributed by atoms with Gasteiger partial charge in [0.05, 0.1) is 0 Å². The molecule has 1 aliphatic heterocycles. The predicted molar refractivity (Wildman–Crippen MR) is 91.0 cm³/mol. The summed E-state index contributed by atoms with van der Waals surface area (Å²) in [5, 5.41) is 2.92. The van der Waals surface area contributed by atoms with E-state index in [1.807, 2.05) is 55.1 Å². The molecule has 2 amide bonds. The monoisotopic (exact) mass is 317 g/mol. The van der Waals surface area contributed by atoms with E-state index in [4.69, 9.17) is 0 Å².